The first kappa shape index (κ1) is 15.6. The molecule has 1 amide bonds. The Hall–Kier alpha value is -2.75. The number of nitrogens with one attached hydrogen (secondary N) is 1. The van der Waals surface area contributed by atoms with Gasteiger partial charge in [0.15, 0.2) is 0 Å². The van der Waals surface area contributed by atoms with Crippen molar-refractivity contribution in [3.8, 4) is 11.5 Å². The third-order valence-electron chi connectivity index (χ3n) is 3.20. The Kier molecular flexibility index (Phi) is 5.20. The SMILES string of the molecule is COc1ccc(NC(=O)/C(C)=C\c2ccccc2)c(OC)c1. The highest BCUT2D eigenvalue weighted by atomic mass is 16.5. The maximum absolute atomic E-state index is 12.3. The van der Waals surface area contributed by atoms with E-state index in [4.69, 9.17) is 9.47 Å². The third-order valence-corrected chi connectivity index (χ3v) is 3.20. The second-order valence-corrected chi connectivity index (χ2v) is 4.76. The number of ether oxygens (including phenoxy) is 2. The minimum absolute atomic E-state index is 0.174. The number of carbonyl (C=O) groups is 1. The van der Waals surface area contributed by atoms with Gasteiger partial charge in [-0.3, -0.25) is 4.79 Å². The van der Waals surface area contributed by atoms with Crippen LogP contribution in [-0.2, 0) is 4.79 Å². The number of anilines is 1. The quantitative estimate of drug-likeness (QED) is 0.855. The first-order chi connectivity index (χ1) is 10.6. The summed E-state index contributed by atoms with van der Waals surface area (Å²) >= 11 is 0. The van der Waals surface area contributed by atoms with E-state index in [2.05, 4.69) is 5.32 Å². The van der Waals surface area contributed by atoms with Gasteiger partial charge in [0.05, 0.1) is 19.9 Å². The van der Waals surface area contributed by atoms with Crippen molar-refractivity contribution in [2.75, 3.05) is 19.5 Å². The average Bonchev–Trinajstić information content (AvgIpc) is 2.56. The summed E-state index contributed by atoms with van der Waals surface area (Å²) in [5.41, 5.74) is 2.20. The molecule has 4 heteroatoms. The van der Waals surface area contributed by atoms with Gasteiger partial charge in [-0.05, 0) is 30.7 Å². The summed E-state index contributed by atoms with van der Waals surface area (Å²) in [7, 11) is 3.14. The lowest BCUT2D eigenvalue weighted by molar-refractivity contribution is -0.112. The van der Waals surface area contributed by atoms with E-state index < -0.39 is 0 Å². The first-order valence-corrected chi connectivity index (χ1v) is 6.90. The van der Waals surface area contributed by atoms with Crippen LogP contribution in [0.1, 0.15) is 12.5 Å². The molecule has 0 bridgehead atoms. The third kappa shape index (κ3) is 3.88. The monoisotopic (exact) mass is 297 g/mol. The number of methoxy groups -OCH3 is 2. The van der Waals surface area contributed by atoms with E-state index in [-0.39, 0.29) is 5.91 Å². The molecule has 4 nitrogen and oxygen atoms in total. The summed E-state index contributed by atoms with van der Waals surface area (Å²) in [5, 5.41) is 2.84. The number of hydrogen-bond acceptors (Lipinski definition) is 3. The maximum atomic E-state index is 12.3. The fraction of sp³-hybridized carbons (Fsp3) is 0.167. The van der Waals surface area contributed by atoms with Gasteiger partial charge in [0, 0.05) is 11.6 Å². The van der Waals surface area contributed by atoms with Gasteiger partial charge in [0.1, 0.15) is 11.5 Å². The number of amides is 1. The minimum atomic E-state index is -0.174. The van der Waals surface area contributed by atoms with Crippen LogP contribution < -0.4 is 14.8 Å². The largest absolute Gasteiger partial charge is 0.497 e. The fourth-order valence-corrected chi connectivity index (χ4v) is 1.99. The molecule has 0 unspecified atom stereocenters. The summed E-state index contributed by atoms with van der Waals surface area (Å²) in [6.45, 7) is 1.78. The Morgan fingerprint density at radius 1 is 1.05 bits per heavy atom. The lowest BCUT2D eigenvalue weighted by Crippen LogP contribution is -2.13. The molecule has 0 aromatic heterocycles. The molecule has 2 aromatic carbocycles. The molecule has 0 spiro atoms. The Bertz CT molecular complexity index is 678. The molecule has 0 aliphatic rings. The van der Waals surface area contributed by atoms with Crippen LogP contribution in [-0.4, -0.2) is 20.1 Å². The van der Waals surface area contributed by atoms with Gasteiger partial charge >= 0.3 is 0 Å². The summed E-state index contributed by atoms with van der Waals surface area (Å²) in [5.74, 6) is 1.05. The number of carbonyl (C=O) groups excluding carboxylic acids is 1. The van der Waals surface area contributed by atoms with Crippen molar-refractivity contribution in [1.82, 2.24) is 0 Å². The smallest absolute Gasteiger partial charge is 0.251 e. The summed E-state index contributed by atoms with van der Waals surface area (Å²) in [4.78, 5) is 12.3. The van der Waals surface area contributed by atoms with Gasteiger partial charge in [0.25, 0.3) is 5.91 Å². The topological polar surface area (TPSA) is 47.6 Å². The highest BCUT2D eigenvalue weighted by Crippen LogP contribution is 2.29. The molecule has 114 valence electrons. The Balaban J connectivity index is 2.16. The normalized spacial score (nSPS) is 11.0. The second-order valence-electron chi connectivity index (χ2n) is 4.76. The predicted molar refractivity (Wildman–Crippen MR) is 88.3 cm³/mol. The van der Waals surface area contributed by atoms with E-state index in [1.807, 2.05) is 36.4 Å². The molecule has 0 saturated heterocycles. The Morgan fingerprint density at radius 3 is 2.41 bits per heavy atom. The molecular weight excluding hydrogens is 278 g/mol. The van der Waals surface area contributed by atoms with Crippen molar-refractivity contribution < 1.29 is 14.3 Å². The van der Waals surface area contributed by atoms with Crippen molar-refractivity contribution in [1.29, 1.82) is 0 Å². The first-order valence-electron chi connectivity index (χ1n) is 6.90. The molecule has 0 atom stereocenters. The summed E-state index contributed by atoms with van der Waals surface area (Å²) in [6.07, 6.45) is 1.84. The molecule has 0 fully saturated rings. The molecule has 2 aromatic rings. The van der Waals surface area contributed by atoms with E-state index in [9.17, 15) is 4.79 Å². The summed E-state index contributed by atoms with van der Waals surface area (Å²) < 4.78 is 10.4. The van der Waals surface area contributed by atoms with Crippen LogP contribution in [0.4, 0.5) is 5.69 Å². The van der Waals surface area contributed by atoms with Gasteiger partial charge < -0.3 is 14.8 Å². The zero-order chi connectivity index (χ0) is 15.9. The van der Waals surface area contributed by atoms with Gasteiger partial charge in [-0.1, -0.05) is 30.3 Å². The zero-order valence-electron chi connectivity index (χ0n) is 12.9. The molecule has 0 saturated carbocycles. The number of benzene rings is 2. The number of hydrogen-bond donors (Lipinski definition) is 1. The molecule has 0 radical (unpaired) electrons. The molecule has 2 rings (SSSR count). The van der Waals surface area contributed by atoms with Crippen molar-refractivity contribution in [2.24, 2.45) is 0 Å². The van der Waals surface area contributed by atoms with Crippen LogP contribution in [0.5, 0.6) is 11.5 Å². The van der Waals surface area contributed by atoms with Crippen LogP contribution in [0.25, 0.3) is 6.08 Å². The molecule has 1 N–H and O–H groups in total. The predicted octanol–water partition coefficient (Wildman–Crippen LogP) is 3.75. The molecule has 0 heterocycles. The van der Waals surface area contributed by atoms with Gasteiger partial charge in [-0.15, -0.1) is 0 Å². The van der Waals surface area contributed by atoms with Gasteiger partial charge in [0.2, 0.25) is 0 Å². The van der Waals surface area contributed by atoms with E-state index in [1.165, 1.54) is 0 Å². The summed E-state index contributed by atoms with van der Waals surface area (Å²) in [6, 6.07) is 15.0. The van der Waals surface area contributed by atoms with Crippen LogP contribution in [0.3, 0.4) is 0 Å². The Labute approximate surface area is 130 Å². The highest BCUT2D eigenvalue weighted by Gasteiger charge is 2.10. The van der Waals surface area contributed by atoms with Crippen molar-refractivity contribution >= 4 is 17.7 Å². The second kappa shape index (κ2) is 7.31. The number of rotatable bonds is 5. The van der Waals surface area contributed by atoms with Crippen molar-refractivity contribution in [2.45, 2.75) is 6.92 Å². The van der Waals surface area contributed by atoms with Crippen LogP contribution >= 0.6 is 0 Å². The lowest BCUT2D eigenvalue weighted by atomic mass is 10.1. The van der Waals surface area contributed by atoms with Crippen molar-refractivity contribution in [3.63, 3.8) is 0 Å². The minimum Gasteiger partial charge on any atom is -0.497 e. The zero-order valence-corrected chi connectivity index (χ0v) is 12.9. The van der Waals surface area contributed by atoms with Crippen LogP contribution in [0.15, 0.2) is 54.1 Å². The molecule has 0 aliphatic heterocycles. The lowest BCUT2D eigenvalue weighted by Gasteiger charge is -2.11. The molecule has 0 aliphatic carbocycles. The molecule has 22 heavy (non-hydrogen) atoms. The van der Waals surface area contributed by atoms with Crippen molar-refractivity contribution in [3.05, 3.63) is 59.7 Å². The van der Waals surface area contributed by atoms with E-state index in [1.54, 1.807) is 39.3 Å². The standard InChI is InChI=1S/C18H19NO3/c1-13(11-14-7-5-4-6-8-14)18(20)19-16-10-9-15(21-2)12-17(16)22-3/h4-12H,1-3H3,(H,19,20)/b13-11-. The fourth-order valence-electron chi connectivity index (χ4n) is 1.99. The Morgan fingerprint density at radius 2 is 1.77 bits per heavy atom. The van der Waals surface area contributed by atoms with Crippen LogP contribution in [0, 0.1) is 0 Å². The van der Waals surface area contributed by atoms with E-state index in [0.717, 1.165) is 5.56 Å². The van der Waals surface area contributed by atoms with Gasteiger partial charge in [-0.25, -0.2) is 0 Å². The molecular formula is C18H19NO3. The maximum Gasteiger partial charge on any atom is 0.251 e. The van der Waals surface area contributed by atoms with E-state index in [0.29, 0.717) is 22.8 Å². The van der Waals surface area contributed by atoms with Crippen LogP contribution in [0.2, 0.25) is 0 Å². The van der Waals surface area contributed by atoms with Gasteiger partial charge in [-0.2, -0.15) is 0 Å². The average molecular weight is 297 g/mol. The van der Waals surface area contributed by atoms with E-state index >= 15 is 0 Å². The highest BCUT2D eigenvalue weighted by molar-refractivity contribution is 6.06.